The van der Waals surface area contributed by atoms with Gasteiger partial charge in [0.25, 0.3) is 0 Å². The summed E-state index contributed by atoms with van der Waals surface area (Å²) in [5, 5.41) is 3.97. The number of aromatic nitrogens is 2. The third-order valence-corrected chi connectivity index (χ3v) is 4.75. The summed E-state index contributed by atoms with van der Waals surface area (Å²) in [5.41, 5.74) is 3.27. The summed E-state index contributed by atoms with van der Waals surface area (Å²) in [6.07, 6.45) is 0.784. The van der Waals surface area contributed by atoms with E-state index in [1.807, 2.05) is 61.5 Å². The molecule has 0 N–H and O–H groups in total. The molecular formula is C18H18N2O2S. The lowest BCUT2D eigenvalue weighted by Crippen LogP contribution is -2.04. The Hall–Kier alpha value is -2.27. The van der Waals surface area contributed by atoms with E-state index in [-0.39, 0.29) is 0 Å². The summed E-state index contributed by atoms with van der Waals surface area (Å²) in [6, 6.07) is 18.0. The molecule has 2 aromatic carbocycles. The smallest absolute Gasteiger partial charge is 0.239 e. The van der Waals surface area contributed by atoms with Crippen molar-refractivity contribution in [3.63, 3.8) is 0 Å². The van der Waals surface area contributed by atoms with Crippen LogP contribution in [-0.2, 0) is 23.0 Å². The number of hydrogen-bond acceptors (Lipinski definition) is 4. The third-order valence-electron chi connectivity index (χ3n) is 3.52. The molecule has 0 aliphatic heterocycles. The largest absolute Gasteiger partial charge is 0.338 e. The number of nitrogens with zero attached hydrogens (tertiary/aromatic N) is 2. The molecule has 1 atom stereocenters. The number of hydrogen-bond donors (Lipinski definition) is 0. The molecule has 118 valence electrons. The fourth-order valence-corrected chi connectivity index (χ4v) is 3.22. The van der Waals surface area contributed by atoms with Gasteiger partial charge in [-0.3, -0.25) is 4.21 Å². The van der Waals surface area contributed by atoms with Gasteiger partial charge in [0.2, 0.25) is 11.7 Å². The lowest BCUT2D eigenvalue weighted by molar-refractivity contribution is 0.390. The Morgan fingerprint density at radius 2 is 1.78 bits per heavy atom. The first kappa shape index (κ1) is 15.6. The Balaban J connectivity index is 1.58. The maximum Gasteiger partial charge on any atom is 0.239 e. The molecule has 0 aliphatic carbocycles. The lowest BCUT2D eigenvalue weighted by atomic mass is 10.1. The van der Waals surface area contributed by atoms with Gasteiger partial charge in [-0.05, 0) is 18.9 Å². The van der Waals surface area contributed by atoms with E-state index >= 15 is 0 Å². The quantitative estimate of drug-likeness (QED) is 0.695. The second-order valence-corrected chi connectivity index (χ2v) is 6.98. The van der Waals surface area contributed by atoms with Gasteiger partial charge in [0.05, 0.1) is 0 Å². The Morgan fingerprint density at radius 3 is 2.52 bits per heavy atom. The van der Waals surface area contributed by atoms with Crippen molar-refractivity contribution in [1.29, 1.82) is 0 Å². The number of aryl methyl sites for hydroxylation is 2. The average molecular weight is 326 g/mol. The van der Waals surface area contributed by atoms with E-state index in [9.17, 15) is 4.21 Å². The van der Waals surface area contributed by atoms with Crippen molar-refractivity contribution in [3.05, 3.63) is 71.6 Å². The van der Waals surface area contributed by atoms with Gasteiger partial charge in [-0.25, -0.2) is 0 Å². The van der Waals surface area contributed by atoms with Crippen molar-refractivity contribution < 1.29 is 8.73 Å². The van der Waals surface area contributed by atoms with E-state index in [1.54, 1.807) is 0 Å². The Morgan fingerprint density at radius 1 is 1.04 bits per heavy atom. The normalized spacial score (nSPS) is 12.2. The highest BCUT2D eigenvalue weighted by Gasteiger charge is 2.11. The summed E-state index contributed by atoms with van der Waals surface area (Å²) >= 11 is 0. The van der Waals surface area contributed by atoms with Crippen molar-refractivity contribution in [2.45, 2.75) is 19.1 Å². The van der Waals surface area contributed by atoms with Crippen LogP contribution in [0.25, 0.3) is 11.4 Å². The zero-order valence-corrected chi connectivity index (χ0v) is 13.8. The highest BCUT2D eigenvalue weighted by atomic mass is 32.2. The van der Waals surface area contributed by atoms with E-state index in [0.717, 1.165) is 12.0 Å². The van der Waals surface area contributed by atoms with Crippen LogP contribution in [0.2, 0.25) is 0 Å². The molecule has 0 aliphatic rings. The monoisotopic (exact) mass is 326 g/mol. The van der Waals surface area contributed by atoms with Crippen molar-refractivity contribution in [2.24, 2.45) is 0 Å². The number of rotatable bonds is 6. The Bertz CT molecular complexity index is 782. The van der Waals surface area contributed by atoms with Crippen LogP contribution >= 0.6 is 0 Å². The SMILES string of the molecule is Cc1ccc(-c2noc(CS(=O)CCc3ccccc3)n2)cc1. The van der Waals surface area contributed by atoms with E-state index in [0.29, 0.717) is 23.2 Å². The molecular weight excluding hydrogens is 308 g/mol. The van der Waals surface area contributed by atoms with Gasteiger partial charge in [-0.15, -0.1) is 0 Å². The van der Waals surface area contributed by atoms with Gasteiger partial charge < -0.3 is 4.52 Å². The van der Waals surface area contributed by atoms with Gasteiger partial charge in [-0.2, -0.15) is 4.98 Å². The van der Waals surface area contributed by atoms with Crippen molar-refractivity contribution in [3.8, 4) is 11.4 Å². The maximum absolute atomic E-state index is 12.2. The summed E-state index contributed by atoms with van der Waals surface area (Å²) in [6.45, 7) is 2.03. The second-order valence-electron chi connectivity index (χ2n) is 5.40. The summed E-state index contributed by atoms with van der Waals surface area (Å²) < 4.78 is 17.4. The lowest BCUT2D eigenvalue weighted by Gasteiger charge is -2.00. The molecule has 3 rings (SSSR count). The van der Waals surface area contributed by atoms with Crippen molar-refractivity contribution in [2.75, 3.05) is 5.75 Å². The third kappa shape index (κ3) is 4.36. The molecule has 0 saturated carbocycles. The van der Waals surface area contributed by atoms with Crippen molar-refractivity contribution in [1.82, 2.24) is 10.1 Å². The molecule has 4 nitrogen and oxygen atoms in total. The molecule has 1 unspecified atom stereocenters. The molecule has 0 bridgehead atoms. The molecule has 1 heterocycles. The van der Waals surface area contributed by atoms with Crippen LogP contribution in [0.3, 0.4) is 0 Å². The molecule has 1 aromatic heterocycles. The topological polar surface area (TPSA) is 56.0 Å². The predicted octanol–water partition coefficient (Wildman–Crippen LogP) is 3.54. The van der Waals surface area contributed by atoms with Gasteiger partial charge in [-0.1, -0.05) is 65.3 Å². The molecule has 0 fully saturated rings. The second kappa shape index (κ2) is 7.33. The summed E-state index contributed by atoms with van der Waals surface area (Å²) in [7, 11) is -1.01. The van der Waals surface area contributed by atoms with Crippen LogP contribution in [0, 0.1) is 6.92 Å². The standard InChI is InChI=1S/C18H18N2O2S/c1-14-7-9-16(10-8-14)18-19-17(22-20-18)13-23(21)12-11-15-5-3-2-4-6-15/h2-10H,11-13H2,1H3. The van der Waals surface area contributed by atoms with Crippen LogP contribution in [0.4, 0.5) is 0 Å². The highest BCUT2D eigenvalue weighted by Crippen LogP contribution is 2.17. The average Bonchev–Trinajstić information content (AvgIpc) is 3.03. The minimum Gasteiger partial charge on any atom is -0.338 e. The van der Waals surface area contributed by atoms with Gasteiger partial charge in [0, 0.05) is 22.1 Å². The van der Waals surface area contributed by atoms with Gasteiger partial charge in [0.1, 0.15) is 5.75 Å². The Labute approximate surface area is 138 Å². The van der Waals surface area contributed by atoms with Crippen LogP contribution in [0.1, 0.15) is 17.0 Å². The van der Waals surface area contributed by atoms with E-state index in [2.05, 4.69) is 10.1 Å². The molecule has 3 aromatic rings. The first-order valence-electron chi connectivity index (χ1n) is 7.49. The molecule has 0 saturated heterocycles. The van der Waals surface area contributed by atoms with Crippen molar-refractivity contribution >= 4 is 10.8 Å². The minimum absolute atomic E-state index is 0.297. The van der Waals surface area contributed by atoms with Gasteiger partial charge in [0.15, 0.2) is 0 Å². The fourth-order valence-electron chi connectivity index (χ4n) is 2.22. The molecule has 23 heavy (non-hydrogen) atoms. The predicted molar refractivity (Wildman–Crippen MR) is 91.3 cm³/mol. The first-order valence-corrected chi connectivity index (χ1v) is 8.98. The van der Waals surface area contributed by atoms with Crippen LogP contribution in [0.15, 0.2) is 59.1 Å². The number of benzene rings is 2. The van der Waals surface area contributed by atoms with Gasteiger partial charge >= 0.3 is 0 Å². The first-order chi connectivity index (χ1) is 11.2. The highest BCUT2D eigenvalue weighted by molar-refractivity contribution is 7.84. The molecule has 0 radical (unpaired) electrons. The maximum atomic E-state index is 12.2. The molecule has 0 spiro atoms. The van der Waals surface area contributed by atoms with E-state index in [4.69, 9.17) is 4.52 Å². The molecule has 5 heteroatoms. The summed E-state index contributed by atoms with van der Waals surface area (Å²) in [5.74, 6) is 1.85. The minimum atomic E-state index is -1.01. The van der Waals surface area contributed by atoms with Crippen LogP contribution in [-0.4, -0.2) is 20.1 Å². The zero-order valence-electron chi connectivity index (χ0n) is 12.9. The molecule has 0 amide bonds. The van der Waals surface area contributed by atoms with Crippen LogP contribution in [0.5, 0.6) is 0 Å². The van der Waals surface area contributed by atoms with Crippen LogP contribution < -0.4 is 0 Å². The fraction of sp³-hybridized carbons (Fsp3) is 0.222. The summed E-state index contributed by atoms with van der Waals surface area (Å²) in [4.78, 5) is 4.33. The Kier molecular flexibility index (Phi) is 4.98. The zero-order chi connectivity index (χ0) is 16.1. The van der Waals surface area contributed by atoms with E-state index in [1.165, 1.54) is 11.1 Å². The van der Waals surface area contributed by atoms with E-state index < -0.39 is 10.8 Å².